The van der Waals surface area contributed by atoms with Gasteiger partial charge in [0.2, 0.25) is 0 Å². The Morgan fingerprint density at radius 3 is 2.67 bits per heavy atom. The van der Waals surface area contributed by atoms with E-state index < -0.39 is 5.69 Å². The van der Waals surface area contributed by atoms with Crippen LogP contribution in [0.3, 0.4) is 0 Å². The van der Waals surface area contributed by atoms with E-state index in [1.807, 2.05) is 30.3 Å². The molecule has 0 aliphatic rings. The molecule has 2 heterocycles. The van der Waals surface area contributed by atoms with Gasteiger partial charge in [0, 0.05) is 17.7 Å². The second-order valence-corrected chi connectivity index (χ2v) is 4.68. The zero-order valence-electron chi connectivity index (χ0n) is 11.3. The maximum Gasteiger partial charge on any atom is 0.325 e. The number of aromatic nitrogens is 5. The summed E-state index contributed by atoms with van der Waals surface area (Å²) in [5, 5.41) is 8.11. The maximum atomic E-state index is 11.6. The predicted molar refractivity (Wildman–Crippen MR) is 76.6 cm³/mol. The van der Waals surface area contributed by atoms with Crippen molar-refractivity contribution in [1.29, 1.82) is 0 Å². The van der Waals surface area contributed by atoms with Crippen molar-refractivity contribution in [3.63, 3.8) is 0 Å². The van der Waals surface area contributed by atoms with E-state index in [9.17, 15) is 9.59 Å². The third-order valence-corrected chi connectivity index (χ3v) is 3.20. The molecule has 0 bridgehead atoms. The van der Waals surface area contributed by atoms with E-state index in [0.29, 0.717) is 23.4 Å². The fraction of sp³-hybridized carbons (Fsp3) is 0.143. The molecule has 3 rings (SSSR count). The summed E-state index contributed by atoms with van der Waals surface area (Å²) in [6, 6.07) is 9.58. The van der Waals surface area contributed by atoms with Crippen LogP contribution in [-0.2, 0) is 6.42 Å². The molecule has 3 aromatic rings. The zero-order chi connectivity index (χ0) is 14.8. The number of aromatic amines is 2. The summed E-state index contributed by atoms with van der Waals surface area (Å²) in [6.07, 6.45) is 2.12. The maximum absolute atomic E-state index is 11.6. The lowest BCUT2D eigenvalue weighted by Crippen LogP contribution is -2.26. The normalized spacial score (nSPS) is 10.7. The van der Waals surface area contributed by atoms with E-state index in [1.54, 1.807) is 17.8 Å². The van der Waals surface area contributed by atoms with Gasteiger partial charge in [-0.1, -0.05) is 23.4 Å². The first-order chi connectivity index (χ1) is 10.1. The number of hydrogen-bond donors (Lipinski definition) is 2. The molecule has 0 aliphatic carbocycles. The van der Waals surface area contributed by atoms with Gasteiger partial charge in [-0.05, 0) is 19.1 Å². The third-order valence-electron chi connectivity index (χ3n) is 3.20. The van der Waals surface area contributed by atoms with Gasteiger partial charge in [0.25, 0.3) is 5.56 Å². The zero-order valence-corrected chi connectivity index (χ0v) is 11.3. The van der Waals surface area contributed by atoms with Crippen LogP contribution in [0.5, 0.6) is 0 Å². The monoisotopic (exact) mass is 283 g/mol. The van der Waals surface area contributed by atoms with Crippen molar-refractivity contribution >= 4 is 0 Å². The topological polar surface area (TPSA) is 96.4 Å². The lowest BCUT2D eigenvalue weighted by Gasteiger charge is -2.01. The van der Waals surface area contributed by atoms with E-state index in [4.69, 9.17) is 0 Å². The number of benzene rings is 1. The van der Waals surface area contributed by atoms with Crippen molar-refractivity contribution in [3.8, 4) is 5.69 Å². The molecule has 0 atom stereocenters. The molecule has 0 saturated carbocycles. The summed E-state index contributed by atoms with van der Waals surface area (Å²) in [4.78, 5) is 27.7. The molecule has 0 radical (unpaired) electrons. The summed E-state index contributed by atoms with van der Waals surface area (Å²) in [7, 11) is 0. The quantitative estimate of drug-likeness (QED) is 0.733. The van der Waals surface area contributed by atoms with Gasteiger partial charge in [0.15, 0.2) is 0 Å². The summed E-state index contributed by atoms with van der Waals surface area (Å²) in [5.41, 5.74) is 1.68. The SMILES string of the molecule is Cc1c(Cc2cn(-c3ccccc3)nn2)[nH]c(=O)[nH]c1=O. The second kappa shape index (κ2) is 5.20. The van der Waals surface area contributed by atoms with E-state index in [2.05, 4.69) is 20.3 Å². The fourth-order valence-corrected chi connectivity index (χ4v) is 2.04. The molecular weight excluding hydrogens is 270 g/mol. The van der Waals surface area contributed by atoms with Crippen LogP contribution < -0.4 is 11.2 Å². The first-order valence-corrected chi connectivity index (χ1v) is 6.42. The number of rotatable bonds is 3. The van der Waals surface area contributed by atoms with Crippen molar-refractivity contribution in [1.82, 2.24) is 25.0 Å². The molecule has 106 valence electrons. The van der Waals surface area contributed by atoms with Gasteiger partial charge in [-0.25, -0.2) is 9.48 Å². The average molecular weight is 283 g/mol. The molecule has 0 saturated heterocycles. The van der Waals surface area contributed by atoms with Crippen LogP contribution in [0.25, 0.3) is 5.69 Å². The molecule has 0 fully saturated rings. The Bertz CT molecular complexity index is 876. The van der Waals surface area contributed by atoms with Crippen molar-refractivity contribution in [2.24, 2.45) is 0 Å². The average Bonchev–Trinajstić information content (AvgIpc) is 2.94. The van der Waals surface area contributed by atoms with Crippen LogP contribution in [0.15, 0.2) is 46.1 Å². The molecule has 0 aliphatic heterocycles. The summed E-state index contributed by atoms with van der Waals surface area (Å²) >= 11 is 0. The largest absolute Gasteiger partial charge is 0.325 e. The van der Waals surface area contributed by atoms with Crippen molar-refractivity contribution < 1.29 is 0 Å². The highest BCUT2D eigenvalue weighted by atomic mass is 16.2. The molecule has 21 heavy (non-hydrogen) atoms. The second-order valence-electron chi connectivity index (χ2n) is 4.68. The number of para-hydroxylation sites is 1. The van der Waals surface area contributed by atoms with Crippen LogP contribution in [0.2, 0.25) is 0 Å². The highest BCUT2D eigenvalue weighted by Crippen LogP contribution is 2.08. The Hall–Kier alpha value is -2.96. The molecular formula is C14H13N5O2. The lowest BCUT2D eigenvalue weighted by molar-refractivity contribution is 0.797. The highest BCUT2D eigenvalue weighted by Gasteiger charge is 2.09. The van der Waals surface area contributed by atoms with Gasteiger partial charge in [-0.3, -0.25) is 9.78 Å². The number of nitrogens with one attached hydrogen (secondary N) is 2. The Balaban J connectivity index is 1.92. The van der Waals surface area contributed by atoms with E-state index >= 15 is 0 Å². The summed E-state index contributed by atoms with van der Waals surface area (Å²) in [6.45, 7) is 1.66. The molecule has 7 heteroatoms. The van der Waals surface area contributed by atoms with Crippen LogP contribution in [0, 0.1) is 6.92 Å². The minimum atomic E-state index is -0.518. The number of hydrogen-bond acceptors (Lipinski definition) is 4. The van der Waals surface area contributed by atoms with Crippen molar-refractivity contribution in [2.45, 2.75) is 13.3 Å². The molecule has 0 unspecified atom stereocenters. The predicted octanol–water partition coefficient (Wildman–Crippen LogP) is 0.543. The van der Waals surface area contributed by atoms with E-state index in [1.165, 1.54) is 0 Å². The molecule has 0 spiro atoms. The summed E-state index contributed by atoms with van der Waals surface area (Å²) in [5.74, 6) is 0. The highest BCUT2D eigenvalue weighted by molar-refractivity contribution is 5.30. The minimum absolute atomic E-state index is 0.345. The van der Waals surface area contributed by atoms with Crippen LogP contribution >= 0.6 is 0 Å². The molecule has 0 amide bonds. The van der Waals surface area contributed by atoms with E-state index in [0.717, 1.165) is 5.69 Å². The molecule has 1 aromatic carbocycles. The first kappa shape index (κ1) is 13.0. The lowest BCUT2D eigenvalue weighted by atomic mass is 10.1. The van der Waals surface area contributed by atoms with E-state index in [-0.39, 0.29) is 5.56 Å². The molecule has 2 aromatic heterocycles. The number of H-pyrrole nitrogens is 2. The molecule has 2 N–H and O–H groups in total. The number of nitrogens with zero attached hydrogens (tertiary/aromatic N) is 3. The Morgan fingerprint density at radius 2 is 1.90 bits per heavy atom. The van der Waals surface area contributed by atoms with Gasteiger partial charge in [-0.15, -0.1) is 5.10 Å². The van der Waals surface area contributed by atoms with Crippen molar-refractivity contribution in [2.75, 3.05) is 0 Å². The van der Waals surface area contributed by atoms with Gasteiger partial charge >= 0.3 is 5.69 Å². The van der Waals surface area contributed by atoms with Gasteiger partial charge in [0.1, 0.15) is 0 Å². The smallest absolute Gasteiger partial charge is 0.311 e. The standard InChI is InChI=1S/C14H13N5O2/c1-9-12(15-14(21)16-13(9)20)7-10-8-19(18-17-10)11-5-3-2-4-6-11/h2-6,8H,7H2,1H3,(H2,15,16,20,21). The van der Waals surface area contributed by atoms with Crippen molar-refractivity contribution in [3.05, 3.63) is 74.3 Å². The Labute approximate surface area is 119 Å². The van der Waals surface area contributed by atoms with Gasteiger partial charge in [0.05, 0.1) is 17.6 Å². The van der Waals surface area contributed by atoms with Crippen LogP contribution in [-0.4, -0.2) is 25.0 Å². The van der Waals surface area contributed by atoms with Crippen LogP contribution in [0.4, 0.5) is 0 Å². The first-order valence-electron chi connectivity index (χ1n) is 6.42. The fourth-order valence-electron chi connectivity index (χ4n) is 2.04. The minimum Gasteiger partial charge on any atom is -0.311 e. The third kappa shape index (κ3) is 2.66. The molecule has 7 nitrogen and oxygen atoms in total. The summed E-state index contributed by atoms with van der Waals surface area (Å²) < 4.78 is 1.65. The van der Waals surface area contributed by atoms with Crippen LogP contribution in [0.1, 0.15) is 17.0 Å². The van der Waals surface area contributed by atoms with Gasteiger partial charge in [-0.2, -0.15) is 0 Å². The Kier molecular flexibility index (Phi) is 3.23. The Morgan fingerprint density at radius 1 is 1.14 bits per heavy atom. The van der Waals surface area contributed by atoms with Gasteiger partial charge < -0.3 is 4.98 Å².